The van der Waals surface area contributed by atoms with Crippen molar-refractivity contribution in [3.63, 3.8) is 0 Å². The molecule has 2 aromatic carbocycles. The van der Waals surface area contributed by atoms with Crippen molar-refractivity contribution in [2.24, 2.45) is 0 Å². The molecule has 1 aliphatic rings. The predicted octanol–water partition coefficient (Wildman–Crippen LogP) is 2.34. The number of para-hydroxylation sites is 2. The molecule has 1 atom stereocenters. The lowest BCUT2D eigenvalue weighted by atomic mass is 10.2. The van der Waals surface area contributed by atoms with Crippen molar-refractivity contribution in [3.8, 4) is 11.4 Å². The average molecular weight is 477 g/mol. The molecule has 3 aromatic rings. The number of nitrogens with one attached hydrogen (secondary N) is 1. The second kappa shape index (κ2) is 8.79. The minimum atomic E-state index is -3.09. The predicted molar refractivity (Wildman–Crippen MR) is 120 cm³/mol. The number of non-ortho nitro benzene ring substituents is 1. The lowest BCUT2D eigenvalue weighted by Gasteiger charge is -2.13. The van der Waals surface area contributed by atoms with E-state index in [1.54, 1.807) is 23.8 Å². The number of nitro groups is 1. The molecule has 1 fully saturated rings. The van der Waals surface area contributed by atoms with Gasteiger partial charge in [0, 0.05) is 18.2 Å². The molecular formula is C20H20N4O6S2. The molecular weight excluding hydrogens is 456 g/mol. The smallest absolute Gasteiger partial charge is 0.271 e. The number of ether oxygens (including phenoxy) is 1. The van der Waals surface area contributed by atoms with E-state index in [1.165, 1.54) is 12.1 Å². The molecule has 4 rings (SSSR count). The third kappa shape index (κ3) is 4.55. The zero-order chi connectivity index (χ0) is 22.9. The number of nitrogens with zero attached hydrogens (tertiary/aromatic N) is 3. The van der Waals surface area contributed by atoms with Crippen LogP contribution in [0.2, 0.25) is 0 Å². The van der Waals surface area contributed by atoms with Crippen molar-refractivity contribution in [2.45, 2.75) is 17.6 Å². The Morgan fingerprint density at radius 2 is 2.12 bits per heavy atom. The minimum absolute atomic E-state index is 0.0110. The van der Waals surface area contributed by atoms with E-state index in [0.717, 1.165) is 11.8 Å². The van der Waals surface area contributed by atoms with Gasteiger partial charge >= 0.3 is 0 Å². The third-order valence-electron chi connectivity index (χ3n) is 5.07. The van der Waals surface area contributed by atoms with E-state index in [1.807, 2.05) is 18.2 Å². The Morgan fingerprint density at radius 3 is 2.81 bits per heavy atom. The van der Waals surface area contributed by atoms with E-state index in [4.69, 9.17) is 4.74 Å². The van der Waals surface area contributed by atoms with Crippen LogP contribution in [0.3, 0.4) is 0 Å². The van der Waals surface area contributed by atoms with Crippen molar-refractivity contribution in [1.29, 1.82) is 0 Å². The number of sulfone groups is 1. The molecule has 1 aromatic heterocycles. The van der Waals surface area contributed by atoms with Crippen molar-refractivity contribution in [2.75, 3.05) is 24.4 Å². The van der Waals surface area contributed by atoms with E-state index in [0.29, 0.717) is 34.0 Å². The molecule has 0 aliphatic carbocycles. The van der Waals surface area contributed by atoms with Crippen LogP contribution in [0.15, 0.2) is 47.6 Å². The summed E-state index contributed by atoms with van der Waals surface area (Å²) in [7, 11) is -1.55. The standard InChI is InChI=1S/C20H20N4O6S2/c1-30-18-5-3-2-4-17(18)23-16-7-6-14(24(26)27)10-15(16)22-20(23)31-11-19(25)21-13-8-9-32(28,29)12-13/h2-7,10,13H,8-9,11-12H2,1H3,(H,21,25)/t13-/m1/s1. The number of methoxy groups -OCH3 is 1. The van der Waals surface area contributed by atoms with Gasteiger partial charge in [0.05, 0.1) is 46.0 Å². The monoisotopic (exact) mass is 476 g/mol. The molecule has 12 heteroatoms. The van der Waals surface area contributed by atoms with Crippen LogP contribution in [-0.4, -0.2) is 59.2 Å². The number of benzene rings is 2. The number of aromatic nitrogens is 2. The van der Waals surface area contributed by atoms with Gasteiger partial charge in [-0.3, -0.25) is 19.5 Å². The molecule has 0 bridgehead atoms. The van der Waals surface area contributed by atoms with E-state index in [9.17, 15) is 23.3 Å². The maximum atomic E-state index is 12.4. The molecule has 0 radical (unpaired) electrons. The Morgan fingerprint density at radius 1 is 1.34 bits per heavy atom. The van der Waals surface area contributed by atoms with Gasteiger partial charge in [-0.1, -0.05) is 23.9 Å². The van der Waals surface area contributed by atoms with Crippen LogP contribution >= 0.6 is 11.8 Å². The van der Waals surface area contributed by atoms with Gasteiger partial charge in [-0.25, -0.2) is 13.4 Å². The number of carbonyl (C=O) groups excluding carboxylic acids is 1. The zero-order valence-corrected chi connectivity index (χ0v) is 18.7. The van der Waals surface area contributed by atoms with Crippen LogP contribution in [-0.2, 0) is 14.6 Å². The van der Waals surface area contributed by atoms with E-state index in [2.05, 4.69) is 10.3 Å². The van der Waals surface area contributed by atoms with Crippen LogP contribution in [0, 0.1) is 10.1 Å². The highest BCUT2D eigenvalue weighted by Gasteiger charge is 2.29. The first kappa shape index (κ1) is 22.1. The number of fused-ring (bicyclic) bond motifs is 1. The summed E-state index contributed by atoms with van der Waals surface area (Å²) in [6.07, 6.45) is 0.405. The summed E-state index contributed by atoms with van der Waals surface area (Å²) < 4.78 is 30.5. The van der Waals surface area contributed by atoms with Gasteiger partial charge in [-0.15, -0.1) is 0 Å². The van der Waals surface area contributed by atoms with Crippen LogP contribution in [0.5, 0.6) is 5.75 Å². The lowest BCUT2D eigenvalue weighted by molar-refractivity contribution is -0.384. The normalized spacial score (nSPS) is 17.3. The van der Waals surface area contributed by atoms with Crippen LogP contribution < -0.4 is 10.1 Å². The fourth-order valence-electron chi connectivity index (χ4n) is 3.61. The first-order valence-electron chi connectivity index (χ1n) is 9.70. The number of imidazole rings is 1. The lowest BCUT2D eigenvalue weighted by Crippen LogP contribution is -2.36. The Hall–Kier alpha value is -3.12. The summed E-state index contributed by atoms with van der Waals surface area (Å²) >= 11 is 1.16. The highest BCUT2D eigenvalue weighted by molar-refractivity contribution is 7.99. The first-order valence-corrected chi connectivity index (χ1v) is 12.5. The SMILES string of the molecule is COc1ccccc1-n1c(SCC(=O)N[C@@H]2CCS(=O)(=O)C2)nc2cc([N+](=O)[O-])ccc21. The maximum absolute atomic E-state index is 12.4. The number of nitro benzene ring substituents is 1. The molecule has 168 valence electrons. The van der Waals surface area contributed by atoms with Crippen molar-refractivity contribution in [3.05, 3.63) is 52.6 Å². The number of hydrogen-bond donors (Lipinski definition) is 1. The Labute approximate surface area is 188 Å². The molecule has 0 unspecified atom stereocenters. The molecule has 0 saturated carbocycles. The number of hydrogen-bond acceptors (Lipinski definition) is 8. The number of thioether (sulfide) groups is 1. The summed E-state index contributed by atoms with van der Waals surface area (Å²) in [5.41, 5.74) is 1.63. The van der Waals surface area contributed by atoms with Crippen molar-refractivity contribution < 1.29 is 22.9 Å². The quantitative estimate of drug-likeness (QED) is 0.312. The minimum Gasteiger partial charge on any atom is -0.495 e. The van der Waals surface area contributed by atoms with Gasteiger partial charge < -0.3 is 10.1 Å². The molecule has 2 heterocycles. The number of carbonyl (C=O) groups is 1. The molecule has 1 N–H and O–H groups in total. The third-order valence-corrected chi connectivity index (χ3v) is 7.78. The largest absolute Gasteiger partial charge is 0.495 e. The van der Waals surface area contributed by atoms with Crippen molar-refractivity contribution in [1.82, 2.24) is 14.9 Å². The molecule has 1 aliphatic heterocycles. The Balaban J connectivity index is 1.65. The Kier molecular flexibility index (Phi) is 6.07. The second-order valence-electron chi connectivity index (χ2n) is 7.29. The highest BCUT2D eigenvalue weighted by atomic mass is 32.2. The first-order chi connectivity index (χ1) is 15.3. The van der Waals surface area contributed by atoms with Crippen LogP contribution in [0.4, 0.5) is 5.69 Å². The fraction of sp³-hybridized carbons (Fsp3) is 0.300. The van der Waals surface area contributed by atoms with Gasteiger partial charge in [0.1, 0.15) is 5.75 Å². The van der Waals surface area contributed by atoms with Crippen LogP contribution in [0.25, 0.3) is 16.7 Å². The van der Waals surface area contributed by atoms with Crippen molar-refractivity contribution >= 4 is 44.2 Å². The van der Waals surface area contributed by atoms with Gasteiger partial charge in [-0.2, -0.15) is 0 Å². The van der Waals surface area contributed by atoms with E-state index in [-0.39, 0.29) is 34.9 Å². The molecule has 1 saturated heterocycles. The second-order valence-corrected chi connectivity index (χ2v) is 10.5. The topological polar surface area (TPSA) is 133 Å². The van der Waals surface area contributed by atoms with Gasteiger partial charge in [-0.05, 0) is 24.6 Å². The van der Waals surface area contributed by atoms with Gasteiger partial charge in [0.2, 0.25) is 5.91 Å². The van der Waals surface area contributed by atoms with E-state index < -0.39 is 14.8 Å². The molecule has 32 heavy (non-hydrogen) atoms. The van der Waals surface area contributed by atoms with Gasteiger partial charge in [0.15, 0.2) is 15.0 Å². The fourth-order valence-corrected chi connectivity index (χ4v) is 6.12. The highest BCUT2D eigenvalue weighted by Crippen LogP contribution is 2.33. The summed E-state index contributed by atoms with van der Waals surface area (Å²) in [4.78, 5) is 27.7. The number of amides is 1. The molecule has 10 nitrogen and oxygen atoms in total. The molecule has 1 amide bonds. The number of rotatable bonds is 7. The summed E-state index contributed by atoms with van der Waals surface area (Å²) in [5.74, 6) is 0.312. The summed E-state index contributed by atoms with van der Waals surface area (Å²) in [6.45, 7) is 0. The average Bonchev–Trinajstić information content (AvgIpc) is 3.30. The Bertz CT molecular complexity index is 1300. The van der Waals surface area contributed by atoms with Gasteiger partial charge in [0.25, 0.3) is 5.69 Å². The van der Waals surface area contributed by atoms with Crippen LogP contribution in [0.1, 0.15) is 6.42 Å². The molecule has 0 spiro atoms. The summed E-state index contributed by atoms with van der Waals surface area (Å²) in [6, 6.07) is 11.3. The summed E-state index contributed by atoms with van der Waals surface area (Å²) in [5, 5.41) is 14.4. The maximum Gasteiger partial charge on any atom is 0.271 e. The zero-order valence-electron chi connectivity index (χ0n) is 17.1. The van der Waals surface area contributed by atoms with E-state index >= 15 is 0 Å².